The van der Waals surface area contributed by atoms with Gasteiger partial charge in [-0.25, -0.2) is 0 Å². The van der Waals surface area contributed by atoms with Crippen molar-refractivity contribution in [3.63, 3.8) is 0 Å². The van der Waals surface area contributed by atoms with Crippen molar-refractivity contribution < 1.29 is 4.79 Å². The second-order valence-corrected chi connectivity index (χ2v) is 3.40. The fraction of sp³-hybridized carbons (Fsp3) is 0.455. The summed E-state index contributed by atoms with van der Waals surface area (Å²) in [5.41, 5.74) is 0.885. The van der Waals surface area contributed by atoms with Gasteiger partial charge in [0.2, 0.25) is 5.91 Å². The summed E-state index contributed by atoms with van der Waals surface area (Å²) in [6.07, 6.45) is 2.22. The zero-order valence-electron chi connectivity index (χ0n) is 9.16. The summed E-state index contributed by atoms with van der Waals surface area (Å²) in [5, 5.41) is 5.82. The molecule has 1 aromatic rings. The molecule has 0 spiro atoms. The normalized spacial score (nSPS) is 12.1. The van der Waals surface area contributed by atoms with Crippen molar-refractivity contribution in [2.45, 2.75) is 19.4 Å². The standard InChI is InChI=1S/C11H17N3O/c1-9(10-5-3-4-7-13-10)14-11(15)6-8-12-2/h3-5,7,9,12H,6,8H2,1-2H3,(H,14,15). The minimum Gasteiger partial charge on any atom is -0.348 e. The zero-order chi connectivity index (χ0) is 11.1. The predicted octanol–water partition coefficient (Wildman–Crippen LogP) is 0.868. The third-order valence-electron chi connectivity index (χ3n) is 2.11. The van der Waals surface area contributed by atoms with Gasteiger partial charge in [0.15, 0.2) is 0 Å². The van der Waals surface area contributed by atoms with Gasteiger partial charge in [-0.3, -0.25) is 9.78 Å². The van der Waals surface area contributed by atoms with E-state index in [2.05, 4.69) is 15.6 Å². The summed E-state index contributed by atoms with van der Waals surface area (Å²) >= 11 is 0. The number of nitrogens with zero attached hydrogens (tertiary/aromatic N) is 1. The highest BCUT2D eigenvalue weighted by atomic mass is 16.1. The highest BCUT2D eigenvalue weighted by Crippen LogP contribution is 2.07. The van der Waals surface area contributed by atoms with Crippen molar-refractivity contribution in [1.82, 2.24) is 15.6 Å². The number of rotatable bonds is 5. The number of pyridine rings is 1. The topological polar surface area (TPSA) is 54.0 Å². The molecule has 1 rings (SSSR count). The minimum absolute atomic E-state index is 0.0319. The Hall–Kier alpha value is -1.42. The molecule has 0 aliphatic rings. The van der Waals surface area contributed by atoms with Crippen molar-refractivity contribution in [2.75, 3.05) is 13.6 Å². The molecule has 1 atom stereocenters. The van der Waals surface area contributed by atoms with Gasteiger partial charge in [0.05, 0.1) is 11.7 Å². The van der Waals surface area contributed by atoms with Crippen LogP contribution in [0.2, 0.25) is 0 Å². The van der Waals surface area contributed by atoms with Crippen LogP contribution >= 0.6 is 0 Å². The van der Waals surface area contributed by atoms with Crippen LogP contribution in [0.4, 0.5) is 0 Å². The number of hydrogen-bond acceptors (Lipinski definition) is 3. The lowest BCUT2D eigenvalue weighted by molar-refractivity contribution is -0.121. The van der Waals surface area contributed by atoms with E-state index in [1.165, 1.54) is 0 Å². The molecule has 82 valence electrons. The number of carbonyl (C=O) groups excluding carboxylic acids is 1. The van der Waals surface area contributed by atoms with E-state index in [9.17, 15) is 4.79 Å². The highest BCUT2D eigenvalue weighted by molar-refractivity contribution is 5.76. The maximum Gasteiger partial charge on any atom is 0.221 e. The fourth-order valence-electron chi connectivity index (χ4n) is 1.26. The highest BCUT2D eigenvalue weighted by Gasteiger charge is 2.09. The Balaban J connectivity index is 2.42. The van der Waals surface area contributed by atoms with Crippen molar-refractivity contribution >= 4 is 5.91 Å². The average Bonchev–Trinajstić information content (AvgIpc) is 2.27. The molecular weight excluding hydrogens is 190 g/mol. The van der Waals surface area contributed by atoms with Gasteiger partial charge in [-0.05, 0) is 26.1 Å². The summed E-state index contributed by atoms with van der Waals surface area (Å²) in [7, 11) is 1.83. The molecule has 0 fully saturated rings. The first-order valence-corrected chi connectivity index (χ1v) is 5.09. The van der Waals surface area contributed by atoms with Crippen molar-refractivity contribution in [2.24, 2.45) is 0 Å². The lowest BCUT2D eigenvalue weighted by Gasteiger charge is -2.12. The summed E-state index contributed by atoms with van der Waals surface area (Å²) in [6.45, 7) is 2.63. The van der Waals surface area contributed by atoms with Crippen LogP contribution < -0.4 is 10.6 Å². The molecule has 0 radical (unpaired) electrons. The van der Waals surface area contributed by atoms with Gasteiger partial charge in [-0.15, -0.1) is 0 Å². The molecule has 0 saturated carbocycles. The van der Waals surface area contributed by atoms with Crippen LogP contribution in [0.25, 0.3) is 0 Å². The van der Waals surface area contributed by atoms with Gasteiger partial charge in [0.25, 0.3) is 0 Å². The van der Waals surface area contributed by atoms with Crippen LogP contribution in [0.1, 0.15) is 25.1 Å². The Bertz CT molecular complexity index is 300. The molecule has 4 nitrogen and oxygen atoms in total. The first kappa shape index (κ1) is 11.7. The third kappa shape index (κ3) is 4.08. The van der Waals surface area contributed by atoms with Gasteiger partial charge in [0, 0.05) is 19.2 Å². The molecule has 2 N–H and O–H groups in total. The first-order chi connectivity index (χ1) is 7.24. The molecule has 0 bridgehead atoms. The van der Waals surface area contributed by atoms with Gasteiger partial charge in [-0.2, -0.15) is 0 Å². The predicted molar refractivity (Wildman–Crippen MR) is 59.3 cm³/mol. The quantitative estimate of drug-likeness (QED) is 0.753. The number of carbonyl (C=O) groups is 1. The molecule has 1 unspecified atom stereocenters. The molecule has 0 aromatic carbocycles. The van der Waals surface area contributed by atoms with Gasteiger partial charge in [-0.1, -0.05) is 6.07 Å². The second kappa shape index (κ2) is 6.14. The van der Waals surface area contributed by atoms with Crippen molar-refractivity contribution in [3.8, 4) is 0 Å². The molecular formula is C11H17N3O. The van der Waals surface area contributed by atoms with E-state index in [-0.39, 0.29) is 11.9 Å². The SMILES string of the molecule is CNCCC(=O)NC(C)c1ccccn1. The summed E-state index contributed by atoms with van der Waals surface area (Å²) in [4.78, 5) is 15.6. The molecule has 4 heteroatoms. The van der Waals surface area contributed by atoms with E-state index < -0.39 is 0 Å². The molecule has 0 aliphatic carbocycles. The maximum atomic E-state index is 11.4. The summed E-state index contributed by atoms with van der Waals surface area (Å²) in [5.74, 6) is 0.0440. The monoisotopic (exact) mass is 207 g/mol. The molecule has 0 saturated heterocycles. The van der Waals surface area contributed by atoms with E-state index in [0.29, 0.717) is 13.0 Å². The Morgan fingerprint density at radius 3 is 2.93 bits per heavy atom. The Morgan fingerprint density at radius 1 is 1.53 bits per heavy atom. The summed E-state index contributed by atoms with van der Waals surface area (Å²) < 4.78 is 0. The molecule has 15 heavy (non-hydrogen) atoms. The number of amides is 1. The van der Waals surface area contributed by atoms with Gasteiger partial charge >= 0.3 is 0 Å². The van der Waals surface area contributed by atoms with E-state index >= 15 is 0 Å². The Labute approximate surface area is 90.1 Å². The van der Waals surface area contributed by atoms with Gasteiger partial charge < -0.3 is 10.6 Å². The number of hydrogen-bond donors (Lipinski definition) is 2. The zero-order valence-corrected chi connectivity index (χ0v) is 9.16. The number of aromatic nitrogens is 1. The Kier molecular flexibility index (Phi) is 4.77. The van der Waals surface area contributed by atoms with Crippen molar-refractivity contribution in [3.05, 3.63) is 30.1 Å². The second-order valence-electron chi connectivity index (χ2n) is 3.40. The van der Waals surface area contributed by atoms with Gasteiger partial charge in [0.1, 0.15) is 0 Å². The average molecular weight is 207 g/mol. The minimum atomic E-state index is -0.0319. The van der Waals surface area contributed by atoms with E-state index in [4.69, 9.17) is 0 Å². The largest absolute Gasteiger partial charge is 0.348 e. The molecule has 1 amide bonds. The first-order valence-electron chi connectivity index (χ1n) is 5.09. The van der Waals surface area contributed by atoms with Crippen LogP contribution in [0.5, 0.6) is 0 Å². The molecule has 0 aliphatic heterocycles. The molecule has 1 heterocycles. The summed E-state index contributed by atoms with van der Waals surface area (Å²) in [6, 6.07) is 5.65. The third-order valence-corrected chi connectivity index (χ3v) is 2.11. The van der Waals surface area contributed by atoms with E-state index in [1.54, 1.807) is 6.20 Å². The molecule has 1 aromatic heterocycles. The lowest BCUT2D eigenvalue weighted by Crippen LogP contribution is -2.29. The smallest absolute Gasteiger partial charge is 0.221 e. The van der Waals surface area contributed by atoms with Crippen LogP contribution in [0.3, 0.4) is 0 Å². The van der Waals surface area contributed by atoms with E-state index in [1.807, 2.05) is 32.2 Å². The lowest BCUT2D eigenvalue weighted by atomic mass is 10.2. The van der Waals surface area contributed by atoms with Crippen molar-refractivity contribution in [1.29, 1.82) is 0 Å². The maximum absolute atomic E-state index is 11.4. The van der Waals surface area contributed by atoms with Crippen LogP contribution in [0.15, 0.2) is 24.4 Å². The van der Waals surface area contributed by atoms with Crippen LogP contribution in [-0.2, 0) is 4.79 Å². The Morgan fingerprint density at radius 2 is 2.33 bits per heavy atom. The fourth-order valence-corrected chi connectivity index (χ4v) is 1.26. The van der Waals surface area contributed by atoms with Crippen LogP contribution in [-0.4, -0.2) is 24.5 Å². The number of nitrogens with one attached hydrogen (secondary N) is 2. The van der Waals surface area contributed by atoms with Crippen LogP contribution in [0, 0.1) is 0 Å². The van der Waals surface area contributed by atoms with E-state index in [0.717, 1.165) is 5.69 Å².